The van der Waals surface area contributed by atoms with Gasteiger partial charge in [0.15, 0.2) is 0 Å². The van der Waals surface area contributed by atoms with Crippen molar-refractivity contribution in [1.29, 1.82) is 0 Å². The Labute approximate surface area is 153 Å². The smallest absolute Gasteiger partial charge is 0.244 e. The van der Waals surface area contributed by atoms with E-state index in [2.05, 4.69) is 14.7 Å². The highest BCUT2D eigenvalue weighted by molar-refractivity contribution is 7.89. The number of nitrogens with one attached hydrogen (secondary N) is 1. The first-order chi connectivity index (χ1) is 12.5. The molecular formula is C19H19N3O3S. The van der Waals surface area contributed by atoms with Crippen molar-refractivity contribution >= 4 is 10.0 Å². The van der Waals surface area contributed by atoms with Crippen molar-refractivity contribution in [3.63, 3.8) is 0 Å². The molecule has 3 rings (SSSR count). The summed E-state index contributed by atoms with van der Waals surface area (Å²) >= 11 is 0. The SMILES string of the molecule is COc1ccc(C)cc1S(=O)(=O)NCc1ccnc(-c2ccncc2)c1. The predicted molar refractivity (Wildman–Crippen MR) is 99.2 cm³/mol. The van der Waals surface area contributed by atoms with E-state index >= 15 is 0 Å². The molecule has 6 nitrogen and oxygen atoms in total. The molecule has 26 heavy (non-hydrogen) atoms. The van der Waals surface area contributed by atoms with E-state index in [9.17, 15) is 8.42 Å². The van der Waals surface area contributed by atoms with Crippen LogP contribution in [0.15, 0.2) is 66.0 Å². The van der Waals surface area contributed by atoms with Crippen LogP contribution < -0.4 is 9.46 Å². The van der Waals surface area contributed by atoms with Crippen molar-refractivity contribution < 1.29 is 13.2 Å². The van der Waals surface area contributed by atoms with E-state index in [1.807, 2.05) is 31.2 Å². The van der Waals surface area contributed by atoms with E-state index in [-0.39, 0.29) is 11.4 Å². The van der Waals surface area contributed by atoms with Crippen LogP contribution in [0.5, 0.6) is 5.75 Å². The van der Waals surface area contributed by atoms with Crippen LogP contribution in [0.3, 0.4) is 0 Å². The third-order valence-electron chi connectivity index (χ3n) is 3.88. The molecule has 0 amide bonds. The van der Waals surface area contributed by atoms with Crippen molar-refractivity contribution in [2.24, 2.45) is 0 Å². The van der Waals surface area contributed by atoms with Gasteiger partial charge in [0.1, 0.15) is 10.6 Å². The highest BCUT2D eigenvalue weighted by Crippen LogP contribution is 2.25. The zero-order valence-electron chi connectivity index (χ0n) is 14.5. The molecular weight excluding hydrogens is 350 g/mol. The second-order valence-electron chi connectivity index (χ2n) is 5.76. The van der Waals surface area contributed by atoms with Crippen LogP contribution in [0, 0.1) is 6.92 Å². The number of hydrogen-bond donors (Lipinski definition) is 1. The number of sulfonamides is 1. The second kappa shape index (κ2) is 7.63. The van der Waals surface area contributed by atoms with Gasteiger partial charge in [-0.2, -0.15) is 0 Å². The molecule has 1 N–H and O–H groups in total. The summed E-state index contributed by atoms with van der Waals surface area (Å²) in [5, 5.41) is 0. The zero-order chi connectivity index (χ0) is 18.6. The molecule has 0 atom stereocenters. The Bertz CT molecular complexity index is 1010. The number of aryl methyl sites for hydroxylation is 1. The Morgan fingerprint density at radius 2 is 1.81 bits per heavy atom. The molecule has 3 aromatic rings. The Hall–Kier alpha value is -2.77. The van der Waals surface area contributed by atoms with Crippen LogP contribution in [0.4, 0.5) is 0 Å². The average Bonchev–Trinajstić information content (AvgIpc) is 2.67. The van der Waals surface area contributed by atoms with Crippen LogP contribution in [-0.4, -0.2) is 25.5 Å². The van der Waals surface area contributed by atoms with Gasteiger partial charge in [-0.25, -0.2) is 13.1 Å². The largest absolute Gasteiger partial charge is 0.495 e. The summed E-state index contributed by atoms with van der Waals surface area (Å²) in [6.45, 7) is 1.99. The maximum absolute atomic E-state index is 12.7. The molecule has 0 aliphatic rings. The van der Waals surface area contributed by atoms with Crippen LogP contribution in [0.2, 0.25) is 0 Å². The number of rotatable bonds is 6. The summed E-state index contributed by atoms with van der Waals surface area (Å²) in [4.78, 5) is 8.44. The van der Waals surface area contributed by atoms with Crippen LogP contribution in [0.1, 0.15) is 11.1 Å². The minimum Gasteiger partial charge on any atom is -0.495 e. The monoisotopic (exact) mass is 369 g/mol. The van der Waals surface area contributed by atoms with E-state index in [4.69, 9.17) is 4.74 Å². The minimum atomic E-state index is -3.71. The fourth-order valence-electron chi connectivity index (χ4n) is 2.51. The lowest BCUT2D eigenvalue weighted by Crippen LogP contribution is -2.24. The third-order valence-corrected chi connectivity index (χ3v) is 5.30. The van der Waals surface area contributed by atoms with E-state index < -0.39 is 10.0 Å². The number of hydrogen-bond acceptors (Lipinski definition) is 5. The molecule has 0 radical (unpaired) electrons. The van der Waals surface area contributed by atoms with E-state index in [0.717, 1.165) is 22.4 Å². The fourth-order valence-corrected chi connectivity index (χ4v) is 3.78. The molecule has 0 aliphatic heterocycles. The minimum absolute atomic E-state index is 0.128. The summed E-state index contributed by atoms with van der Waals surface area (Å²) in [7, 11) is -2.25. The molecule has 0 fully saturated rings. The number of aromatic nitrogens is 2. The quantitative estimate of drug-likeness (QED) is 0.722. The summed E-state index contributed by atoms with van der Waals surface area (Å²) in [5.74, 6) is 0.315. The Kier molecular flexibility index (Phi) is 5.29. The molecule has 0 unspecified atom stereocenters. The number of pyridine rings is 2. The fraction of sp³-hybridized carbons (Fsp3) is 0.158. The first-order valence-corrected chi connectivity index (χ1v) is 9.47. The van der Waals surface area contributed by atoms with Gasteiger partial charge in [0.05, 0.1) is 12.8 Å². The van der Waals surface area contributed by atoms with E-state index in [0.29, 0.717) is 5.75 Å². The number of nitrogens with zero attached hydrogens (tertiary/aromatic N) is 2. The van der Waals surface area contributed by atoms with Crippen molar-refractivity contribution in [1.82, 2.24) is 14.7 Å². The van der Waals surface area contributed by atoms with Gasteiger partial charge in [-0.3, -0.25) is 9.97 Å². The highest BCUT2D eigenvalue weighted by Gasteiger charge is 2.19. The summed E-state index contributed by atoms with van der Waals surface area (Å²) in [6.07, 6.45) is 5.04. The summed E-state index contributed by atoms with van der Waals surface area (Å²) in [6, 6.07) is 12.4. The maximum Gasteiger partial charge on any atom is 0.244 e. The van der Waals surface area contributed by atoms with E-state index in [1.165, 1.54) is 7.11 Å². The molecule has 0 saturated heterocycles. The molecule has 7 heteroatoms. The molecule has 134 valence electrons. The highest BCUT2D eigenvalue weighted by atomic mass is 32.2. The molecule has 0 saturated carbocycles. The van der Waals surface area contributed by atoms with Crippen molar-refractivity contribution in [2.45, 2.75) is 18.4 Å². The summed E-state index contributed by atoms with van der Waals surface area (Å²) in [5.41, 5.74) is 3.33. The van der Waals surface area contributed by atoms with E-state index in [1.54, 1.807) is 36.8 Å². The third kappa shape index (κ3) is 4.07. The first-order valence-electron chi connectivity index (χ1n) is 7.99. The van der Waals surface area contributed by atoms with Gasteiger partial charge < -0.3 is 4.74 Å². The van der Waals surface area contributed by atoms with Gasteiger partial charge in [0.25, 0.3) is 0 Å². The average molecular weight is 369 g/mol. The normalized spacial score (nSPS) is 11.3. The van der Waals surface area contributed by atoms with Crippen LogP contribution >= 0.6 is 0 Å². The van der Waals surface area contributed by atoms with Gasteiger partial charge >= 0.3 is 0 Å². The summed E-state index contributed by atoms with van der Waals surface area (Å²) < 4.78 is 33.2. The number of ether oxygens (including phenoxy) is 1. The van der Waals surface area contributed by atoms with Gasteiger partial charge in [0, 0.05) is 30.7 Å². The lowest BCUT2D eigenvalue weighted by molar-refractivity contribution is 0.402. The number of methoxy groups -OCH3 is 1. The van der Waals surface area contributed by atoms with Crippen LogP contribution in [-0.2, 0) is 16.6 Å². The molecule has 2 heterocycles. The standard InChI is InChI=1S/C19H19N3O3S/c1-14-3-4-18(25-2)19(11-14)26(23,24)22-13-15-5-10-21-17(12-15)16-6-8-20-9-7-16/h3-12,22H,13H2,1-2H3. The Balaban J connectivity index is 1.82. The lowest BCUT2D eigenvalue weighted by atomic mass is 10.1. The lowest BCUT2D eigenvalue weighted by Gasteiger charge is -2.12. The van der Waals surface area contributed by atoms with Gasteiger partial charge in [-0.15, -0.1) is 0 Å². The Morgan fingerprint density at radius 3 is 2.54 bits per heavy atom. The zero-order valence-corrected chi connectivity index (χ0v) is 15.3. The van der Waals surface area contributed by atoms with Crippen molar-refractivity contribution in [2.75, 3.05) is 7.11 Å². The molecule has 0 aliphatic carbocycles. The van der Waals surface area contributed by atoms with Crippen molar-refractivity contribution in [3.05, 3.63) is 72.2 Å². The molecule has 1 aromatic carbocycles. The second-order valence-corrected chi connectivity index (χ2v) is 7.50. The topological polar surface area (TPSA) is 81.2 Å². The number of benzene rings is 1. The Morgan fingerprint density at radius 1 is 1.04 bits per heavy atom. The molecule has 0 bridgehead atoms. The molecule has 2 aromatic heterocycles. The molecule has 0 spiro atoms. The van der Waals surface area contributed by atoms with Gasteiger partial charge in [-0.1, -0.05) is 6.07 Å². The first kappa shape index (κ1) is 18.0. The van der Waals surface area contributed by atoms with Crippen LogP contribution in [0.25, 0.3) is 11.3 Å². The van der Waals surface area contributed by atoms with Crippen molar-refractivity contribution in [3.8, 4) is 17.0 Å². The van der Waals surface area contributed by atoms with Gasteiger partial charge in [-0.05, 0) is 54.4 Å². The maximum atomic E-state index is 12.7. The van der Waals surface area contributed by atoms with Gasteiger partial charge in [0.2, 0.25) is 10.0 Å². The predicted octanol–water partition coefficient (Wildman–Crippen LogP) is 2.94.